The molecular formula is C25H27F5N6O3S. The standard InChI is InChI=1S/C25H27F5N6O3S/c1-13-23(2,35-22(31)40-24(13,3)21(38)36-7-6-14(26)11-36)16-8-15(4-5-17(16)27)34-20(37)18-9-33-19(10-32-18)39-12-25(28,29)30/h4-5,8-10,13-14H,6-7,11-12H2,1-3H3,(H2,31,35)(H,34,37)/t13?,14-,23-,24-/m0/s1. The fraction of sp³-hybridized carbons (Fsp3) is 0.480. The third kappa shape index (κ3) is 5.98. The van der Waals surface area contributed by atoms with Crippen LogP contribution in [0.1, 0.15) is 43.2 Å². The zero-order valence-electron chi connectivity index (χ0n) is 21.8. The Bertz CT molecular complexity index is 1330. The maximum atomic E-state index is 15.3. The number of likely N-dealkylation sites (tertiary alicyclic amines) is 1. The number of thioether (sulfide) groups is 1. The number of benzene rings is 1. The topological polar surface area (TPSA) is 123 Å². The van der Waals surface area contributed by atoms with Gasteiger partial charge in [0, 0.05) is 23.7 Å². The minimum atomic E-state index is -4.56. The average Bonchev–Trinajstić information content (AvgIpc) is 3.32. The number of alkyl halides is 4. The number of aromatic nitrogens is 2. The predicted molar refractivity (Wildman–Crippen MR) is 138 cm³/mol. The zero-order valence-corrected chi connectivity index (χ0v) is 22.6. The summed E-state index contributed by atoms with van der Waals surface area (Å²) < 4.78 is 69.4. The lowest BCUT2D eigenvalue weighted by Crippen LogP contribution is -2.56. The van der Waals surface area contributed by atoms with Gasteiger partial charge in [-0.05, 0) is 38.5 Å². The summed E-state index contributed by atoms with van der Waals surface area (Å²) in [7, 11) is 0. The van der Waals surface area contributed by atoms with Crippen LogP contribution < -0.4 is 15.8 Å². The average molecular weight is 587 g/mol. The van der Waals surface area contributed by atoms with Crippen molar-refractivity contribution < 1.29 is 36.3 Å². The molecule has 4 rings (SSSR count). The molecule has 2 aromatic rings. The molecule has 2 aliphatic rings. The maximum absolute atomic E-state index is 15.3. The molecule has 1 aromatic heterocycles. The Labute approximate surface area is 230 Å². The summed E-state index contributed by atoms with van der Waals surface area (Å²) in [5, 5.41) is 2.61. The number of nitrogens with one attached hydrogen (secondary N) is 1. The Kier molecular flexibility index (Phi) is 7.98. The van der Waals surface area contributed by atoms with Crippen LogP contribution in [0.15, 0.2) is 35.6 Å². The van der Waals surface area contributed by atoms with Crippen molar-refractivity contribution in [2.24, 2.45) is 16.6 Å². The Morgan fingerprint density at radius 1 is 1.25 bits per heavy atom. The predicted octanol–water partition coefficient (Wildman–Crippen LogP) is 4.05. The number of carbonyl (C=O) groups is 2. The lowest BCUT2D eigenvalue weighted by atomic mass is 9.73. The summed E-state index contributed by atoms with van der Waals surface area (Å²) in [6.07, 6.45) is -3.62. The normalized spacial score (nSPS) is 26.8. The van der Waals surface area contributed by atoms with E-state index in [9.17, 15) is 27.2 Å². The van der Waals surface area contributed by atoms with Crippen LogP contribution in [0.2, 0.25) is 0 Å². The molecule has 0 bridgehead atoms. The molecule has 0 spiro atoms. The second kappa shape index (κ2) is 10.8. The Morgan fingerprint density at radius 2 is 1.98 bits per heavy atom. The summed E-state index contributed by atoms with van der Waals surface area (Å²) >= 11 is 1.05. The molecular weight excluding hydrogens is 559 g/mol. The number of rotatable bonds is 6. The molecule has 1 aromatic carbocycles. The summed E-state index contributed by atoms with van der Waals surface area (Å²) in [5.74, 6) is -2.76. The van der Waals surface area contributed by atoms with Gasteiger partial charge in [0.25, 0.3) is 5.91 Å². The second-order valence-electron chi connectivity index (χ2n) is 9.96. The van der Waals surface area contributed by atoms with Crippen LogP contribution in [0, 0.1) is 11.7 Å². The molecule has 1 unspecified atom stereocenters. The summed E-state index contributed by atoms with van der Waals surface area (Å²) in [4.78, 5) is 39.6. The van der Waals surface area contributed by atoms with Crippen molar-refractivity contribution >= 4 is 34.4 Å². The van der Waals surface area contributed by atoms with Crippen LogP contribution in [0.5, 0.6) is 5.88 Å². The highest BCUT2D eigenvalue weighted by molar-refractivity contribution is 8.15. The molecule has 4 atom stereocenters. The van der Waals surface area contributed by atoms with Gasteiger partial charge in [0.05, 0.1) is 24.5 Å². The number of halogens is 5. The van der Waals surface area contributed by atoms with E-state index in [-0.39, 0.29) is 47.5 Å². The number of anilines is 1. The molecule has 9 nitrogen and oxygen atoms in total. The first-order valence-electron chi connectivity index (χ1n) is 12.2. The Morgan fingerprint density at radius 3 is 2.58 bits per heavy atom. The quantitative estimate of drug-likeness (QED) is 0.490. The molecule has 216 valence electrons. The van der Waals surface area contributed by atoms with Gasteiger partial charge in [-0.2, -0.15) is 13.2 Å². The van der Waals surface area contributed by atoms with Gasteiger partial charge in [-0.25, -0.2) is 18.7 Å². The van der Waals surface area contributed by atoms with Crippen LogP contribution in [-0.2, 0) is 10.3 Å². The molecule has 2 aliphatic heterocycles. The van der Waals surface area contributed by atoms with Gasteiger partial charge < -0.3 is 20.7 Å². The molecule has 15 heteroatoms. The monoisotopic (exact) mass is 586 g/mol. The van der Waals surface area contributed by atoms with Crippen LogP contribution in [-0.4, -0.2) is 68.6 Å². The van der Waals surface area contributed by atoms with Gasteiger partial charge in [-0.3, -0.25) is 14.6 Å². The molecule has 0 radical (unpaired) electrons. The van der Waals surface area contributed by atoms with Gasteiger partial charge in [-0.15, -0.1) is 0 Å². The number of hydrogen-bond acceptors (Lipinski definition) is 8. The van der Waals surface area contributed by atoms with Gasteiger partial charge in [0.2, 0.25) is 11.8 Å². The number of amides is 2. The first-order chi connectivity index (χ1) is 18.6. The van der Waals surface area contributed by atoms with Gasteiger partial charge in [0.1, 0.15) is 22.4 Å². The molecule has 2 amide bonds. The molecule has 1 fully saturated rings. The highest BCUT2D eigenvalue weighted by atomic mass is 32.2. The van der Waals surface area contributed by atoms with E-state index < -0.39 is 52.8 Å². The highest BCUT2D eigenvalue weighted by Crippen LogP contribution is 2.51. The zero-order chi connectivity index (χ0) is 29.5. The van der Waals surface area contributed by atoms with E-state index >= 15 is 4.39 Å². The van der Waals surface area contributed by atoms with Crippen molar-refractivity contribution in [3.63, 3.8) is 0 Å². The number of nitrogens with two attached hydrogens (primary N) is 1. The number of nitrogens with zero attached hydrogens (tertiary/aromatic N) is 4. The van der Waals surface area contributed by atoms with E-state index in [4.69, 9.17) is 5.73 Å². The fourth-order valence-electron chi connectivity index (χ4n) is 4.78. The third-order valence-corrected chi connectivity index (χ3v) is 8.44. The van der Waals surface area contributed by atoms with Crippen molar-refractivity contribution in [1.29, 1.82) is 0 Å². The van der Waals surface area contributed by atoms with Gasteiger partial charge in [-0.1, -0.05) is 18.7 Å². The van der Waals surface area contributed by atoms with E-state index in [0.717, 1.165) is 30.2 Å². The lowest BCUT2D eigenvalue weighted by molar-refractivity contribution is -0.154. The summed E-state index contributed by atoms with van der Waals surface area (Å²) in [5.41, 5.74) is 4.80. The first-order valence-corrected chi connectivity index (χ1v) is 13.0. The lowest BCUT2D eigenvalue weighted by Gasteiger charge is -2.47. The van der Waals surface area contributed by atoms with Crippen molar-refractivity contribution in [3.8, 4) is 5.88 Å². The van der Waals surface area contributed by atoms with Gasteiger partial charge in [0.15, 0.2) is 11.8 Å². The van der Waals surface area contributed by atoms with Crippen LogP contribution >= 0.6 is 11.8 Å². The number of amidine groups is 1. The molecule has 0 aliphatic carbocycles. The third-order valence-electron chi connectivity index (χ3n) is 7.19. The number of hydrogen-bond donors (Lipinski definition) is 2. The molecule has 3 N–H and O–H groups in total. The summed E-state index contributed by atoms with van der Waals surface area (Å²) in [6, 6.07) is 3.80. The Balaban J connectivity index is 1.57. The number of aliphatic imine (C=N–C) groups is 1. The van der Waals surface area contributed by atoms with Crippen molar-refractivity contribution in [3.05, 3.63) is 47.7 Å². The van der Waals surface area contributed by atoms with E-state index in [1.165, 1.54) is 17.0 Å². The van der Waals surface area contributed by atoms with Gasteiger partial charge >= 0.3 is 6.18 Å². The molecule has 0 saturated carbocycles. The minimum Gasteiger partial charge on any atom is -0.467 e. The van der Waals surface area contributed by atoms with Crippen LogP contribution in [0.3, 0.4) is 0 Å². The van der Waals surface area contributed by atoms with Crippen LogP contribution in [0.25, 0.3) is 0 Å². The first kappa shape index (κ1) is 29.5. The largest absolute Gasteiger partial charge is 0.467 e. The number of ether oxygens (including phenoxy) is 1. The van der Waals surface area contributed by atoms with Crippen LogP contribution in [0.4, 0.5) is 27.6 Å². The summed E-state index contributed by atoms with van der Waals surface area (Å²) in [6.45, 7) is 3.74. The molecule has 1 saturated heterocycles. The Hall–Kier alpha value is -3.49. The molecule has 3 heterocycles. The van der Waals surface area contributed by atoms with E-state index in [1.807, 2.05) is 0 Å². The fourth-order valence-corrected chi connectivity index (χ4v) is 6.07. The molecule has 40 heavy (non-hydrogen) atoms. The van der Waals surface area contributed by atoms with E-state index in [0.29, 0.717) is 0 Å². The van der Waals surface area contributed by atoms with E-state index in [2.05, 4.69) is 25.0 Å². The number of carbonyl (C=O) groups excluding carboxylic acids is 2. The van der Waals surface area contributed by atoms with Crippen molar-refractivity contribution in [2.75, 3.05) is 25.0 Å². The minimum absolute atomic E-state index is 0.0241. The van der Waals surface area contributed by atoms with Crippen molar-refractivity contribution in [1.82, 2.24) is 14.9 Å². The van der Waals surface area contributed by atoms with Crippen molar-refractivity contribution in [2.45, 2.75) is 49.8 Å². The van der Waals surface area contributed by atoms with E-state index in [1.54, 1.807) is 20.8 Å². The highest BCUT2D eigenvalue weighted by Gasteiger charge is 2.55. The second-order valence-corrected chi connectivity index (χ2v) is 11.4. The maximum Gasteiger partial charge on any atom is 0.422 e. The smallest absolute Gasteiger partial charge is 0.422 e. The SMILES string of the molecule is CC1[C@@](C)(C(=O)N2CC[C@H](F)C2)SC(N)=N[C@]1(C)c1cc(NC(=O)c2cnc(OCC(F)(F)F)cn2)ccc1F.